The molecule has 1 aromatic rings. The molecule has 2 atom stereocenters. The van der Waals surface area contributed by atoms with E-state index in [4.69, 9.17) is 9.47 Å². The molecular formula is C18H23NO3. The summed E-state index contributed by atoms with van der Waals surface area (Å²) in [5.41, 5.74) is 1.05. The molecule has 4 rings (SSSR count). The van der Waals surface area contributed by atoms with Gasteiger partial charge in [-0.25, -0.2) is 0 Å². The lowest BCUT2D eigenvalue weighted by Crippen LogP contribution is -2.44. The molecule has 0 aromatic heterocycles. The Hall–Kier alpha value is -1.55. The largest absolute Gasteiger partial charge is 0.487 e. The van der Waals surface area contributed by atoms with Crippen molar-refractivity contribution in [3.8, 4) is 5.75 Å². The Morgan fingerprint density at radius 2 is 2.05 bits per heavy atom. The summed E-state index contributed by atoms with van der Waals surface area (Å²) in [7, 11) is 0. The summed E-state index contributed by atoms with van der Waals surface area (Å²) < 4.78 is 11.7. The quantitative estimate of drug-likeness (QED) is 0.913. The molecule has 1 saturated heterocycles. The van der Waals surface area contributed by atoms with Crippen LogP contribution in [0.15, 0.2) is 24.3 Å². The molecule has 0 radical (unpaired) electrons. The van der Waals surface area contributed by atoms with Gasteiger partial charge in [-0.05, 0) is 38.2 Å². The molecule has 1 aromatic carbocycles. The molecule has 2 aliphatic heterocycles. The molecule has 2 heterocycles. The Labute approximate surface area is 131 Å². The highest BCUT2D eigenvalue weighted by atomic mass is 16.5. The first-order valence-electron chi connectivity index (χ1n) is 8.42. The van der Waals surface area contributed by atoms with Gasteiger partial charge in [0.05, 0.1) is 18.6 Å². The van der Waals surface area contributed by atoms with E-state index >= 15 is 0 Å². The molecular weight excluding hydrogens is 278 g/mol. The van der Waals surface area contributed by atoms with E-state index in [0.717, 1.165) is 37.0 Å². The molecule has 3 aliphatic rings. The van der Waals surface area contributed by atoms with E-state index in [0.29, 0.717) is 13.2 Å². The average Bonchev–Trinajstić information content (AvgIpc) is 3.19. The molecule has 118 valence electrons. The van der Waals surface area contributed by atoms with Crippen LogP contribution < -0.4 is 10.1 Å². The third kappa shape index (κ3) is 2.50. The van der Waals surface area contributed by atoms with Crippen molar-refractivity contribution in [2.45, 2.75) is 50.2 Å². The van der Waals surface area contributed by atoms with Crippen LogP contribution in [0.4, 0.5) is 0 Å². The van der Waals surface area contributed by atoms with E-state index in [2.05, 4.69) is 11.4 Å². The number of ether oxygens (including phenoxy) is 2. The van der Waals surface area contributed by atoms with E-state index in [1.807, 2.05) is 18.2 Å². The van der Waals surface area contributed by atoms with Gasteiger partial charge in [0.25, 0.3) is 0 Å². The molecule has 1 saturated carbocycles. The monoisotopic (exact) mass is 301 g/mol. The summed E-state index contributed by atoms with van der Waals surface area (Å²) >= 11 is 0. The second kappa shape index (κ2) is 5.58. The lowest BCUT2D eigenvalue weighted by atomic mass is 9.85. The standard InChI is InChI=1S/C18H23NO3/c20-17(13-7-10-21-12-13)19-15-11-18(8-3-4-9-18)22-16-6-2-1-5-14(15)16/h1-2,5-6,13,15H,3-4,7-12H2,(H,19,20)/t13-,15+/m0/s1. The molecule has 4 heteroatoms. The highest BCUT2D eigenvalue weighted by Crippen LogP contribution is 2.47. The number of carbonyl (C=O) groups is 1. The maximum absolute atomic E-state index is 12.5. The fraction of sp³-hybridized carbons (Fsp3) is 0.611. The first-order chi connectivity index (χ1) is 10.8. The first kappa shape index (κ1) is 14.1. The van der Waals surface area contributed by atoms with Crippen molar-refractivity contribution >= 4 is 5.91 Å². The fourth-order valence-corrected chi connectivity index (χ4v) is 4.10. The number of hydrogen-bond acceptors (Lipinski definition) is 3. The summed E-state index contributed by atoms with van der Waals surface area (Å²) in [6.45, 7) is 1.26. The number of rotatable bonds is 2. The Morgan fingerprint density at radius 3 is 2.82 bits per heavy atom. The summed E-state index contributed by atoms with van der Waals surface area (Å²) in [5.74, 6) is 1.09. The van der Waals surface area contributed by atoms with E-state index in [9.17, 15) is 4.79 Å². The van der Waals surface area contributed by atoms with Crippen LogP contribution in [-0.4, -0.2) is 24.7 Å². The van der Waals surface area contributed by atoms with Crippen LogP contribution in [0.2, 0.25) is 0 Å². The lowest BCUT2D eigenvalue weighted by Gasteiger charge is -2.40. The van der Waals surface area contributed by atoms with Crippen molar-refractivity contribution < 1.29 is 14.3 Å². The normalized spacial score (nSPS) is 29.1. The second-order valence-electron chi connectivity index (χ2n) is 6.86. The highest BCUT2D eigenvalue weighted by molar-refractivity contribution is 5.79. The molecule has 1 spiro atoms. The number of amides is 1. The maximum atomic E-state index is 12.5. The van der Waals surface area contributed by atoms with Gasteiger partial charge in [-0.1, -0.05) is 18.2 Å². The van der Waals surface area contributed by atoms with Gasteiger partial charge in [0.15, 0.2) is 0 Å². The van der Waals surface area contributed by atoms with Crippen LogP contribution in [0.3, 0.4) is 0 Å². The number of para-hydroxylation sites is 1. The number of fused-ring (bicyclic) bond motifs is 1. The SMILES string of the molecule is O=C(N[C@@H]1CC2(CCCC2)Oc2ccccc21)[C@H]1CCOC1. The smallest absolute Gasteiger partial charge is 0.226 e. The molecule has 0 unspecified atom stereocenters. The van der Waals surface area contributed by atoms with E-state index in [1.165, 1.54) is 12.8 Å². The van der Waals surface area contributed by atoms with Crippen LogP contribution in [0.25, 0.3) is 0 Å². The van der Waals surface area contributed by atoms with Gasteiger partial charge in [0, 0.05) is 18.6 Å². The van der Waals surface area contributed by atoms with Crippen LogP contribution in [0.5, 0.6) is 5.75 Å². The third-order valence-electron chi connectivity index (χ3n) is 5.33. The molecule has 4 nitrogen and oxygen atoms in total. The molecule has 2 fully saturated rings. The molecule has 1 N–H and O–H groups in total. The van der Waals surface area contributed by atoms with Crippen molar-refractivity contribution in [2.75, 3.05) is 13.2 Å². The van der Waals surface area contributed by atoms with E-state index in [1.54, 1.807) is 0 Å². The Morgan fingerprint density at radius 1 is 1.23 bits per heavy atom. The minimum absolute atomic E-state index is 0.00883. The van der Waals surface area contributed by atoms with Crippen molar-refractivity contribution in [1.29, 1.82) is 0 Å². The number of benzene rings is 1. The highest BCUT2D eigenvalue weighted by Gasteiger charge is 2.43. The van der Waals surface area contributed by atoms with Crippen LogP contribution in [0.1, 0.15) is 50.1 Å². The van der Waals surface area contributed by atoms with Crippen molar-refractivity contribution in [3.05, 3.63) is 29.8 Å². The average molecular weight is 301 g/mol. The predicted octanol–water partition coefficient (Wildman–Crippen LogP) is 2.98. The van der Waals surface area contributed by atoms with Gasteiger partial charge < -0.3 is 14.8 Å². The number of hydrogen-bond donors (Lipinski definition) is 1. The van der Waals surface area contributed by atoms with Crippen LogP contribution in [0, 0.1) is 5.92 Å². The Kier molecular flexibility index (Phi) is 3.57. The summed E-state index contributed by atoms with van der Waals surface area (Å²) in [6, 6.07) is 8.21. The molecule has 0 bridgehead atoms. The van der Waals surface area contributed by atoms with Crippen LogP contribution in [-0.2, 0) is 9.53 Å². The topological polar surface area (TPSA) is 47.6 Å². The fourth-order valence-electron chi connectivity index (χ4n) is 4.10. The Bertz CT molecular complexity index is 559. The van der Waals surface area contributed by atoms with Gasteiger partial charge in [-0.3, -0.25) is 4.79 Å². The molecule has 1 aliphatic carbocycles. The van der Waals surface area contributed by atoms with Gasteiger partial charge in [-0.15, -0.1) is 0 Å². The summed E-state index contributed by atoms with van der Waals surface area (Å²) in [5, 5.41) is 3.27. The minimum atomic E-state index is -0.0710. The maximum Gasteiger partial charge on any atom is 0.226 e. The summed E-state index contributed by atoms with van der Waals surface area (Å²) in [6.07, 6.45) is 6.37. The molecule has 22 heavy (non-hydrogen) atoms. The van der Waals surface area contributed by atoms with Gasteiger partial charge in [0.2, 0.25) is 5.91 Å². The Balaban J connectivity index is 1.58. The zero-order valence-corrected chi connectivity index (χ0v) is 12.8. The second-order valence-corrected chi connectivity index (χ2v) is 6.86. The van der Waals surface area contributed by atoms with Gasteiger partial charge in [-0.2, -0.15) is 0 Å². The van der Waals surface area contributed by atoms with Gasteiger partial charge >= 0.3 is 0 Å². The minimum Gasteiger partial charge on any atom is -0.487 e. The third-order valence-corrected chi connectivity index (χ3v) is 5.33. The zero-order chi connectivity index (χ0) is 15.0. The first-order valence-corrected chi connectivity index (χ1v) is 8.42. The number of nitrogens with one attached hydrogen (secondary N) is 1. The molecule has 1 amide bonds. The van der Waals surface area contributed by atoms with Crippen molar-refractivity contribution in [2.24, 2.45) is 5.92 Å². The van der Waals surface area contributed by atoms with Gasteiger partial charge in [0.1, 0.15) is 11.4 Å². The van der Waals surface area contributed by atoms with Crippen molar-refractivity contribution in [1.82, 2.24) is 5.32 Å². The lowest BCUT2D eigenvalue weighted by molar-refractivity contribution is -0.126. The predicted molar refractivity (Wildman–Crippen MR) is 82.7 cm³/mol. The summed E-state index contributed by atoms with van der Waals surface area (Å²) in [4.78, 5) is 12.5. The number of carbonyl (C=O) groups excluding carboxylic acids is 1. The van der Waals surface area contributed by atoms with Crippen LogP contribution >= 0.6 is 0 Å². The van der Waals surface area contributed by atoms with E-state index in [-0.39, 0.29) is 23.5 Å². The van der Waals surface area contributed by atoms with E-state index < -0.39 is 0 Å². The zero-order valence-electron chi connectivity index (χ0n) is 12.8. The van der Waals surface area contributed by atoms with Crippen molar-refractivity contribution in [3.63, 3.8) is 0 Å².